The molecule has 0 aliphatic carbocycles. The molecule has 2 aromatic carbocycles. The van der Waals surface area contributed by atoms with Gasteiger partial charge in [-0.3, -0.25) is 38.4 Å². The number of aliphatic carboxylic acids is 1. The lowest BCUT2D eigenvalue weighted by Crippen LogP contribution is -2.59. The number of fused-ring (bicyclic) bond motifs is 2. The lowest BCUT2D eigenvalue weighted by Gasteiger charge is -2.28. The zero-order valence-corrected chi connectivity index (χ0v) is 50.2. The molecule has 0 fully saturated rings. The number of carboxylic acid groups (broad SMARTS) is 1. The number of nitrogens with one attached hydrogen (secondary N) is 5. The quantitative estimate of drug-likeness (QED) is 0.0288. The largest absolute Gasteiger partial charge is 0.542 e. The fourth-order valence-electron chi connectivity index (χ4n) is 8.02. The lowest BCUT2D eigenvalue weighted by molar-refractivity contribution is -0.671. The fourth-order valence-corrected chi connectivity index (χ4v) is 9.12. The van der Waals surface area contributed by atoms with Gasteiger partial charge in [0.25, 0.3) is 0 Å². The molecule has 1 aliphatic heterocycles. The third-order valence-electron chi connectivity index (χ3n) is 11.8. The molecular formula is C58H81F3N8O13S. The molecule has 7 N–H and O–H groups in total. The summed E-state index contributed by atoms with van der Waals surface area (Å²) in [6, 6.07) is 13.2. The first-order valence-electron chi connectivity index (χ1n) is 27.2. The van der Waals surface area contributed by atoms with Crippen LogP contribution >= 0.6 is 11.8 Å². The van der Waals surface area contributed by atoms with Gasteiger partial charge < -0.3 is 61.3 Å². The molecular weight excluding hydrogens is 1110 g/mol. The number of hydrogen-bond acceptors (Lipinski definition) is 16. The van der Waals surface area contributed by atoms with Crippen molar-refractivity contribution in [2.24, 2.45) is 11.7 Å². The number of anilines is 1. The maximum atomic E-state index is 14.0. The predicted molar refractivity (Wildman–Crippen MR) is 303 cm³/mol. The molecule has 5 amide bonds. The van der Waals surface area contributed by atoms with Gasteiger partial charge in [0.05, 0.1) is 35.0 Å². The van der Waals surface area contributed by atoms with Crippen LogP contribution in [0.25, 0.3) is 17.0 Å². The third kappa shape index (κ3) is 25.4. The number of pyridine rings is 1. The van der Waals surface area contributed by atoms with Crippen molar-refractivity contribution in [3.05, 3.63) is 71.4 Å². The van der Waals surface area contributed by atoms with Gasteiger partial charge in [-0.25, -0.2) is 0 Å². The molecule has 0 unspecified atom stereocenters. The van der Waals surface area contributed by atoms with Crippen molar-refractivity contribution >= 4 is 87.8 Å². The van der Waals surface area contributed by atoms with Gasteiger partial charge in [0.2, 0.25) is 35.1 Å². The Morgan fingerprint density at radius 2 is 1.23 bits per heavy atom. The molecule has 1 aliphatic rings. The molecule has 0 saturated heterocycles. The second-order valence-electron chi connectivity index (χ2n) is 23.0. The molecule has 21 nitrogen and oxygen atoms in total. The molecule has 4 atom stereocenters. The number of aromatic nitrogens is 1. The highest BCUT2D eigenvalue weighted by atomic mass is 32.2. The number of alkyl halides is 3. The van der Waals surface area contributed by atoms with E-state index in [9.17, 15) is 51.5 Å². The van der Waals surface area contributed by atoms with Gasteiger partial charge >= 0.3 is 24.1 Å². The predicted octanol–water partition coefficient (Wildman–Crippen LogP) is 4.78. The number of esters is 3. The summed E-state index contributed by atoms with van der Waals surface area (Å²) in [7, 11) is 2.09. The van der Waals surface area contributed by atoms with Gasteiger partial charge in [-0.1, -0.05) is 49.9 Å². The van der Waals surface area contributed by atoms with Crippen molar-refractivity contribution in [3.8, 4) is 0 Å². The molecule has 0 spiro atoms. The number of nitrogens with zero attached hydrogens (tertiary/aromatic N) is 2. The highest BCUT2D eigenvalue weighted by Crippen LogP contribution is 2.45. The summed E-state index contributed by atoms with van der Waals surface area (Å²) in [5.74, 6) is -9.31. The number of para-hydroxylation sites is 2. The number of benzene rings is 2. The maximum Gasteiger partial charge on any atom is 0.430 e. The Hall–Kier alpha value is -7.28. The minimum atomic E-state index is -5.19. The van der Waals surface area contributed by atoms with Crippen molar-refractivity contribution in [1.29, 1.82) is 0 Å². The van der Waals surface area contributed by atoms with E-state index in [0.29, 0.717) is 6.42 Å². The number of unbranched alkanes of at least 4 members (excludes halogenated alkanes) is 2. The molecule has 0 radical (unpaired) electrons. The third-order valence-corrected chi connectivity index (χ3v) is 13.0. The molecule has 0 saturated carbocycles. The van der Waals surface area contributed by atoms with E-state index in [4.69, 9.17) is 29.8 Å². The number of rotatable bonds is 25. The van der Waals surface area contributed by atoms with Crippen LogP contribution in [0.1, 0.15) is 133 Å². The monoisotopic (exact) mass is 1190 g/mol. The summed E-state index contributed by atoms with van der Waals surface area (Å²) < 4.78 is 49.9. The van der Waals surface area contributed by atoms with Crippen LogP contribution in [-0.2, 0) is 63.9 Å². The highest BCUT2D eigenvalue weighted by molar-refractivity contribution is 8.03. The van der Waals surface area contributed by atoms with Gasteiger partial charge in [-0.05, 0) is 117 Å². The first-order chi connectivity index (χ1) is 38.4. The van der Waals surface area contributed by atoms with E-state index in [2.05, 4.69) is 97.8 Å². The molecule has 3 aromatic rings. The summed E-state index contributed by atoms with van der Waals surface area (Å²) in [5.41, 5.74) is 6.90. The number of nitrogens with two attached hydrogens (primary N) is 1. The van der Waals surface area contributed by atoms with Gasteiger partial charge in [0, 0.05) is 56.4 Å². The number of hydrogen-bond donors (Lipinski definition) is 6. The minimum absolute atomic E-state index is 0.0248. The van der Waals surface area contributed by atoms with Gasteiger partial charge in [0.15, 0.2) is 6.20 Å². The number of aryl methyl sites for hydroxylation is 1. The number of ether oxygens (including phenoxy) is 3. The Morgan fingerprint density at radius 3 is 1.82 bits per heavy atom. The maximum absolute atomic E-state index is 14.0. The Kier molecular flexibility index (Phi) is 26.5. The summed E-state index contributed by atoms with van der Waals surface area (Å²) in [5, 5.41) is 24.3. The van der Waals surface area contributed by atoms with Crippen molar-refractivity contribution in [2.45, 2.75) is 186 Å². The number of amides is 5. The van der Waals surface area contributed by atoms with Crippen molar-refractivity contribution < 1.29 is 80.2 Å². The molecule has 2 heterocycles. The fraction of sp³-hybridized carbons (Fsp3) is 0.552. The van der Waals surface area contributed by atoms with E-state index < -0.39 is 113 Å². The standard InChI is InChI=1S/C56H80N8O11S.C2HF3O2/c1-35(2)49(62-52(71)39(25-26-46(66)73-54(3,4)5)60-50(69)38(57)33-47(67)74-55(6,7)8)53(72)61-40(34-48(68)75-56(9,10)11)51(70)59-29-28-58-44(65)24-14-13-19-30-64-31-27-36(37-20-15-16-21-41(37)64)32-45-63(12)42-22-17-18-23-43(42)76-45;3-2(4,5)1(6)7/h15-18,20-23,27,31-32,35,38-40,49H,13-14,19,24-26,28-30,33-34,57H2,1-12H3,(H4-,58,59,60,61,62,65,69,70,71,72);(H,6,7)/t38-,39-,40-,49-;/m0./s1. The van der Waals surface area contributed by atoms with E-state index in [0.717, 1.165) is 40.9 Å². The SMILES string of the molecule is CC(C)[C@H](NC(=O)[C@H](CCC(=O)OC(C)(C)C)NC(=O)[C@@H](N)CC(=O)OC(C)(C)C)C(=O)N[C@@H](CC(=O)OC(C)(C)C)C(=O)NCCNC(=O)CCCCC[n+]1ccc(C=C2Sc3ccccc3N2C)c2ccccc21.O=C([O-])C(F)(F)F. The van der Waals surface area contributed by atoms with Crippen LogP contribution in [0.4, 0.5) is 18.9 Å². The Morgan fingerprint density at radius 1 is 0.675 bits per heavy atom. The second kappa shape index (κ2) is 31.4. The molecule has 458 valence electrons. The normalized spacial score (nSPS) is 14.4. The van der Waals surface area contributed by atoms with Crippen molar-refractivity contribution in [2.75, 3.05) is 25.0 Å². The molecule has 4 rings (SSSR count). The van der Waals surface area contributed by atoms with Gasteiger partial charge in [-0.2, -0.15) is 17.7 Å². The van der Waals surface area contributed by atoms with Crippen molar-refractivity contribution in [1.82, 2.24) is 26.6 Å². The molecule has 25 heteroatoms. The van der Waals surface area contributed by atoms with Crippen LogP contribution in [-0.4, -0.2) is 121 Å². The number of carbonyl (C=O) groups excluding carboxylic acids is 9. The lowest BCUT2D eigenvalue weighted by atomic mass is 10.0. The Bertz CT molecular complexity index is 2810. The molecule has 0 bridgehead atoms. The van der Waals surface area contributed by atoms with E-state index in [-0.39, 0.29) is 38.3 Å². The Balaban J connectivity index is 0.00000241. The first kappa shape index (κ1) is 70.0. The topological polar surface area (TPSA) is 298 Å². The summed E-state index contributed by atoms with van der Waals surface area (Å²) in [4.78, 5) is 118. The van der Waals surface area contributed by atoms with Crippen LogP contribution in [0.5, 0.6) is 0 Å². The zero-order valence-electron chi connectivity index (χ0n) is 49.3. The van der Waals surface area contributed by atoms with Crippen LogP contribution in [0.2, 0.25) is 0 Å². The van der Waals surface area contributed by atoms with Crippen LogP contribution in [0, 0.1) is 5.92 Å². The second-order valence-corrected chi connectivity index (χ2v) is 24.1. The van der Waals surface area contributed by atoms with E-state index in [1.54, 1.807) is 87.9 Å². The van der Waals surface area contributed by atoms with Gasteiger partial charge in [0.1, 0.15) is 47.4 Å². The summed E-state index contributed by atoms with van der Waals surface area (Å²) in [6.07, 6.45) is 0.108. The number of halogens is 3. The zero-order chi connectivity index (χ0) is 62.6. The van der Waals surface area contributed by atoms with Crippen LogP contribution in [0.15, 0.2) is 70.7 Å². The molecule has 83 heavy (non-hydrogen) atoms. The number of thioether (sulfide) groups is 1. The van der Waals surface area contributed by atoms with E-state index in [1.807, 2.05) is 12.1 Å². The number of carbonyl (C=O) groups is 9. The average Bonchev–Trinajstić information content (AvgIpc) is 3.89. The highest BCUT2D eigenvalue weighted by Gasteiger charge is 2.35. The summed E-state index contributed by atoms with van der Waals surface area (Å²) in [6.45, 7) is 19.0. The smallest absolute Gasteiger partial charge is 0.430 e. The molecule has 1 aromatic heterocycles. The first-order valence-corrected chi connectivity index (χ1v) is 28.0. The number of carboxylic acids is 1. The van der Waals surface area contributed by atoms with E-state index >= 15 is 0 Å². The van der Waals surface area contributed by atoms with Crippen LogP contribution in [0.3, 0.4) is 0 Å². The van der Waals surface area contributed by atoms with Crippen LogP contribution < -0.4 is 46.9 Å². The van der Waals surface area contributed by atoms with E-state index in [1.165, 1.54) is 10.6 Å². The van der Waals surface area contributed by atoms with Gasteiger partial charge in [-0.15, -0.1) is 0 Å². The van der Waals surface area contributed by atoms with Crippen molar-refractivity contribution in [3.63, 3.8) is 0 Å². The minimum Gasteiger partial charge on any atom is -0.542 e. The summed E-state index contributed by atoms with van der Waals surface area (Å²) >= 11 is 1.76. The Labute approximate surface area is 487 Å². The average molecular weight is 1190 g/mol.